The summed E-state index contributed by atoms with van der Waals surface area (Å²) in [6.07, 6.45) is 3.87. The van der Waals surface area contributed by atoms with E-state index in [2.05, 4.69) is 85.1 Å². The second-order valence-electron chi connectivity index (χ2n) is 37.3. The van der Waals surface area contributed by atoms with Gasteiger partial charge in [0.05, 0.1) is 6.04 Å². The first-order valence-corrected chi connectivity index (χ1v) is 50.2. The monoisotopic (exact) mass is 2000 g/mol. The fourth-order valence-electron chi connectivity index (χ4n) is 15.8. The van der Waals surface area contributed by atoms with E-state index in [0.29, 0.717) is 86.6 Å². The molecule has 0 aromatic heterocycles. The summed E-state index contributed by atoms with van der Waals surface area (Å²) in [6, 6.07) is 14.5. The molecule has 0 radical (unpaired) electrons. The molecule has 0 aliphatic heterocycles. The number of benzene rings is 4. The van der Waals surface area contributed by atoms with Gasteiger partial charge in [-0.15, -0.1) is 0 Å². The number of nitrogens with one attached hydrogen (secondary N) is 18. The van der Waals surface area contributed by atoms with Crippen LogP contribution in [-0.4, -0.2) is 244 Å². The topological polar surface area (TPSA) is 756 Å². The highest BCUT2D eigenvalue weighted by atomic mass is 16.2. The molecule has 43 heteroatoms. The largest absolute Gasteiger partial charge is 0.370 e. The van der Waals surface area contributed by atoms with Crippen LogP contribution in [0.4, 0.5) is 0 Å². The van der Waals surface area contributed by atoms with Crippen LogP contribution in [0.2, 0.25) is 0 Å². The first kappa shape index (κ1) is 122. The Hall–Kier alpha value is -12.8. The molecule has 4 rings (SSSR count). The van der Waals surface area contributed by atoms with Gasteiger partial charge in [0.25, 0.3) is 0 Å². The van der Waals surface area contributed by atoms with Crippen molar-refractivity contribution in [2.45, 2.75) is 306 Å². The molecule has 0 heterocycles. The number of guanidine groups is 2. The van der Waals surface area contributed by atoms with Crippen molar-refractivity contribution < 1.29 is 71.9 Å². The van der Waals surface area contributed by atoms with Gasteiger partial charge in [0.2, 0.25) is 88.6 Å². The second kappa shape index (κ2) is 69.2. The number of primary amides is 1. The predicted octanol–water partition coefficient (Wildman–Crippen LogP) is -1.78. The van der Waals surface area contributed by atoms with Gasteiger partial charge in [-0.3, -0.25) is 82.7 Å². The van der Waals surface area contributed by atoms with Gasteiger partial charge in [0.15, 0.2) is 11.9 Å². The summed E-state index contributed by atoms with van der Waals surface area (Å²) in [5.41, 5.74) is 61.2. The van der Waals surface area contributed by atoms with Crippen molar-refractivity contribution in [2.75, 3.05) is 52.4 Å². The number of unbranched alkanes of at least 4 members (excludes halogenated alkanes) is 6. The fourth-order valence-corrected chi connectivity index (χ4v) is 15.8. The van der Waals surface area contributed by atoms with Crippen molar-refractivity contribution >= 4 is 101 Å². The molecule has 4 aromatic carbocycles. The van der Waals surface area contributed by atoms with E-state index >= 15 is 33.6 Å². The average Bonchev–Trinajstić information content (AvgIpc) is 0.794. The van der Waals surface area contributed by atoms with Gasteiger partial charge in [0, 0.05) is 38.8 Å². The SMILES string of the molecule is CC(C)C[C@H](NC(=O)[C@H](CCCCN)NC(=O)[C@H](CCCNC(=N)N)NC(=O)[C@H](Cc1ccccc1)NC(=O)[C@H](Cc1ccccc1)NC(=O)[C@H](CCCCN)NC(=O)[C@H](CCCCN)NC(=O)[C@H](Cc1ccccc1)NC(=O)[C@H](CCCNC(=N)N)NC(=O)[C@H](CCCCN)NC(=O)[C@@H](N)C(C)C)C(=O)N[C@@H](CCCCN)C(=O)N[C@@H](CCCCN)C(=O)N[C@@H](Cc1ccccc1)C(=O)N[C@H](C(N)=O)C(C)C. The zero-order valence-corrected chi connectivity index (χ0v) is 84.1. The van der Waals surface area contributed by atoms with Crippen LogP contribution in [0.15, 0.2) is 121 Å². The maximum absolute atomic E-state index is 15.5. The lowest BCUT2D eigenvalue weighted by Gasteiger charge is -2.29. The summed E-state index contributed by atoms with van der Waals surface area (Å²) < 4.78 is 0. The number of carbonyl (C=O) groups excluding carboxylic acids is 15. The van der Waals surface area contributed by atoms with Gasteiger partial charge >= 0.3 is 0 Å². The highest BCUT2D eigenvalue weighted by molar-refractivity contribution is 6.01. The molecular weight excluding hydrogens is 1830 g/mol. The van der Waals surface area contributed by atoms with Crippen LogP contribution in [0.25, 0.3) is 0 Å². The van der Waals surface area contributed by atoms with E-state index in [1.807, 2.05) is 0 Å². The standard InChI is InChI=1S/C100H164N28O15/c1-62(2)57-77(93(138)119-69(41-19-25-49-101)85(130)116-73(45-23-29-53-105)91(136)126-81(61-68-39-17-10-18-40-68)97(142)128-83(64(5)6)84(108)129)123-89(134)71(43-21-27-51-103)117-88(133)75(47-31-55-113-99(109)110)121-95(140)79(59-66-35-13-8-14-36-66)127-96(141)80(60-67-37-15-9-16-38-67)125-90(135)72(44-22-28-52-104)115-86(131)70(42-20-26-50-102)120-94(139)78(58-65-33-11-7-12-34-65)124-92(137)76(48-32-56-114-100(111)112)118-87(132)74(46-24-30-54-106)122-98(143)82(107)63(3)4/h7-18,33-40,62-64,69-83H,19-32,41-61,101-107H2,1-6H3,(H2,108,129)(H,115,131)(H,116,130)(H,117,133)(H,118,132)(H,119,138)(H,120,139)(H,121,140)(H,122,143)(H,123,134)(H,124,137)(H,125,135)(H,126,136)(H,127,141)(H,128,142)(H4,109,110,113)(H4,111,112,114)/t69-,70-,71-,72-,73-,74-,75-,76-,77-,78-,79-,80-,81-,82-,83-/m0/s1. The summed E-state index contributed by atoms with van der Waals surface area (Å²) >= 11 is 0. The predicted molar refractivity (Wildman–Crippen MR) is 550 cm³/mol. The molecule has 0 fully saturated rings. The number of rotatable bonds is 73. The second-order valence-corrected chi connectivity index (χ2v) is 37.3. The van der Waals surface area contributed by atoms with Crippen LogP contribution < -0.4 is 142 Å². The maximum Gasteiger partial charge on any atom is 0.243 e. The van der Waals surface area contributed by atoms with Crippen LogP contribution in [0.1, 0.15) is 211 Å². The molecule has 794 valence electrons. The van der Waals surface area contributed by atoms with E-state index in [9.17, 15) is 38.4 Å². The van der Waals surface area contributed by atoms with E-state index in [1.165, 1.54) is 0 Å². The maximum atomic E-state index is 15.5. The Morgan fingerprint density at radius 3 is 0.629 bits per heavy atom. The van der Waals surface area contributed by atoms with Crippen LogP contribution in [0.3, 0.4) is 0 Å². The van der Waals surface area contributed by atoms with Gasteiger partial charge in [0.1, 0.15) is 84.6 Å². The van der Waals surface area contributed by atoms with E-state index in [0.717, 1.165) is 0 Å². The summed E-state index contributed by atoms with van der Waals surface area (Å²) in [5, 5.41) is 60.2. The van der Waals surface area contributed by atoms with Crippen molar-refractivity contribution in [1.29, 1.82) is 10.8 Å². The number of hydrogen-bond acceptors (Lipinski definition) is 24. The zero-order chi connectivity index (χ0) is 106. The van der Waals surface area contributed by atoms with Gasteiger partial charge in [-0.05, 0) is 227 Å². The van der Waals surface area contributed by atoms with Crippen LogP contribution in [-0.2, 0) is 97.6 Å². The van der Waals surface area contributed by atoms with Gasteiger partial charge in [-0.2, -0.15) is 0 Å². The molecular formula is C100H164N28O15. The molecule has 0 aliphatic rings. The van der Waals surface area contributed by atoms with Crippen LogP contribution in [0, 0.1) is 28.6 Å². The Morgan fingerprint density at radius 1 is 0.245 bits per heavy atom. The summed E-state index contributed by atoms with van der Waals surface area (Å²) in [7, 11) is 0. The lowest BCUT2D eigenvalue weighted by atomic mass is 9.99. The minimum absolute atomic E-state index is 0.00233. The summed E-state index contributed by atoms with van der Waals surface area (Å²) in [5.74, 6) is -13.8. The molecule has 0 saturated heterocycles. The highest BCUT2D eigenvalue weighted by Crippen LogP contribution is 2.19. The molecule has 15 atom stereocenters. The smallest absolute Gasteiger partial charge is 0.243 e. The highest BCUT2D eigenvalue weighted by Gasteiger charge is 2.40. The third kappa shape index (κ3) is 48.7. The normalized spacial score (nSPS) is 14.4. The lowest BCUT2D eigenvalue weighted by Crippen LogP contribution is -2.61. The Kier molecular flexibility index (Phi) is 59.2. The average molecular weight is 2000 g/mol. The molecule has 143 heavy (non-hydrogen) atoms. The third-order valence-corrected chi connectivity index (χ3v) is 24.0. The van der Waals surface area contributed by atoms with E-state index < -0.39 is 191 Å². The number of nitrogens with two attached hydrogens (primary N) is 10. The third-order valence-electron chi connectivity index (χ3n) is 24.0. The molecule has 38 N–H and O–H groups in total. The molecule has 0 saturated carbocycles. The minimum Gasteiger partial charge on any atom is -0.370 e. The van der Waals surface area contributed by atoms with Crippen LogP contribution in [0.5, 0.6) is 0 Å². The van der Waals surface area contributed by atoms with Crippen molar-refractivity contribution in [3.05, 3.63) is 144 Å². The first-order valence-electron chi connectivity index (χ1n) is 50.2. The van der Waals surface area contributed by atoms with Crippen molar-refractivity contribution in [2.24, 2.45) is 75.1 Å². The Balaban J connectivity index is 1.76. The molecule has 0 spiro atoms. The number of carbonyl (C=O) groups is 15. The Bertz CT molecular complexity index is 4570. The minimum atomic E-state index is -1.54. The van der Waals surface area contributed by atoms with Crippen molar-refractivity contribution in [3.8, 4) is 0 Å². The first-order chi connectivity index (χ1) is 68.4. The lowest BCUT2D eigenvalue weighted by molar-refractivity contribution is -0.136. The fraction of sp³-hybridized carbons (Fsp3) is 0.590. The van der Waals surface area contributed by atoms with Crippen LogP contribution >= 0.6 is 0 Å². The molecule has 0 unspecified atom stereocenters. The van der Waals surface area contributed by atoms with E-state index in [-0.39, 0.29) is 179 Å². The molecule has 0 aliphatic carbocycles. The molecule has 15 amide bonds. The van der Waals surface area contributed by atoms with E-state index in [1.54, 1.807) is 163 Å². The number of hydrogen-bond donors (Lipinski definition) is 28. The Morgan fingerprint density at radius 2 is 0.434 bits per heavy atom. The number of amides is 15. The Labute approximate surface area is 840 Å². The molecule has 43 nitrogen and oxygen atoms in total. The quantitative estimate of drug-likeness (QED) is 0.0132. The summed E-state index contributed by atoms with van der Waals surface area (Å²) in [6.45, 7) is 11.9. The van der Waals surface area contributed by atoms with Crippen molar-refractivity contribution in [1.82, 2.24) is 85.1 Å². The van der Waals surface area contributed by atoms with Gasteiger partial charge in [-0.25, -0.2) is 0 Å². The van der Waals surface area contributed by atoms with Crippen molar-refractivity contribution in [3.63, 3.8) is 0 Å². The molecule has 0 bridgehead atoms. The van der Waals surface area contributed by atoms with Gasteiger partial charge < -0.3 is 142 Å². The zero-order valence-electron chi connectivity index (χ0n) is 84.1. The summed E-state index contributed by atoms with van der Waals surface area (Å²) in [4.78, 5) is 221. The molecule has 4 aromatic rings. The van der Waals surface area contributed by atoms with E-state index in [4.69, 9.17) is 68.2 Å². The van der Waals surface area contributed by atoms with Gasteiger partial charge in [-0.1, -0.05) is 163 Å².